The Morgan fingerprint density at radius 3 is 2.53 bits per heavy atom. The van der Waals surface area contributed by atoms with Gasteiger partial charge in [0.1, 0.15) is 11.7 Å². The van der Waals surface area contributed by atoms with Crippen molar-refractivity contribution in [3.8, 4) is 0 Å². The molecule has 1 atom stereocenters. The number of hydrogen-bond donors (Lipinski definition) is 1. The average Bonchev–Trinajstić information content (AvgIpc) is 2.87. The number of amides is 1. The second kappa shape index (κ2) is 5.28. The molecule has 1 saturated heterocycles. The fraction of sp³-hybridized carbons (Fsp3) is 0.769. The fourth-order valence-electron chi connectivity index (χ4n) is 2.25. The Hall–Kier alpha value is -1.43. The van der Waals surface area contributed by atoms with E-state index >= 15 is 0 Å². The first-order valence-electron chi connectivity index (χ1n) is 6.89. The predicted molar refractivity (Wildman–Crippen MR) is 72.4 cm³/mol. The molecule has 0 bridgehead atoms. The van der Waals surface area contributed by atoms with E-state index in [0.29, 0.717) is 5.69 Å². The molecular formula is C13H23N5O. The Kier molecular flexibility index (Phi) is 3.89. The van der Waals surface area contributed by atoms with Crippen molar-refractivity contribution in [2.75, 3.05) is 13.1 Å². The summed E-state index contributed by atoms with van der Waals surface area (Å²) in [6, 6.07) is -0.318. The van der Waals surface area contributed by atoms with E-state index in [-0.39, 0.29) is 11.9 Å². The van der Waals surface area contributed by atoms with E-state index in [2.05, 4.69) is 10.3 Å². The number of nitrogens with two attached hydrogens (primary N) is 1. The lowest BCUT2D eigenvalue weighted by Gasteiger charge is -2.29. The third-order valence-corrected chi connectivity index (χ3v) is 3.59. The Labute approximate surface area is 113 Å². The molecule has 1 aliphatic rings. The maximum Gasteiger partial charge on any atom is 0.247 e. The van der Waals surface area contributed by atoms with Gasteiger partial charge in [-0.15, -0.1) is 5.10 Å². The maximum absolute atomic E-state index is 12.4. The SMILES string of the molecule is CC(C(=O)N1CCCCC1)n1cc(C(C)(C)N)nn1. The topological polar surface area (TPSA) is 77.0 Å². The summed E-state index contributed by atoms with van der Waals surface area (Å²) in [5, 5.41) is 8.09. The third-order valence-electron chi connectivity index (χ3n) is 3.59. The van der Waals surface area contributed by atoms with Crippen LogP contribution in [0.15, 0.2) is 6.20 Å². The van der Waals surface area contributed by atoms with E-state index in [9.17, 15) is 4.79 Å². The fourth-order valence-corrected chi connectivity index (χ4v) is 2.25. The van der Waals surface area contributed by atoms with Gasteiger partial charge in [-0.1, -0.05) is 5.21 Å². The quantitative estimate of drug-likeness (QED) is 0.886. The van der Waals surface area contributed by atoms with Gasteiger partial charge in [0.05, 0.1) is 11.7 Å². The van der Waals surface area contributed by atoms with Gasteiger partial charge >= 0.3 is 0 Å². The first-order valence-corrected chi connectivity index (χ1v) is 6.89. The highest BCUT2D eigenvalue weighted by atomic mass is 16.2. The van der Waals surface area contributed by atoms with E-state index < -0.39 is 5.54 Å². The number of likely N-dealkylation sites (tertiary alicyclic amines) is 1. The summed E-state index contributed by atoms with van der Waals surface area (Å²) >= 11 is 0. The average molecular weight is 265 g/mol. The summed E-state index contributed by atoms with van der Waals surface area (Å²) in [5.41, 5.74) is 6.14. The monoisotopic (exact) mass is 265 g/mol. The Balaban J connectivity index is 2.08. The van der Waals surface area contributed by atoms with E-state index in [1.807, 2.05) is 25.7 Å². The molecule has 2 N–H and O–H groups in total. The normalized spacial score (nSPS) is 18.4. The number of aromatic nitrogens is 3. The number of piperidine rings is 1. The molecule has 6 nitrogen and oxygen atoms in total. The number of hydrogen-bond acceptors (Lipinski definition) is 4. The summed E-state index contributed by atoms with van der Waals surface area (Å²) in [6.45, 7) is 7.32. The highest BCUT2D eigenvalue weighted by Crippen LogP contribution is 2.18. The standard InChI is InChI=1S/C13H23N5O/c1-10(12(19)17-7-5-4-6-8-17)18-9-11(15-16-18)13(2,3)14/h9-10H,4-8,14H2,1-3H3. The number of carbonyl (C=O) groups excluding carboxylic acids is 1. The highest BCUT2D eigenvalue weighted by molar-refractivity contribution is 5.80. The van der Waals surface area contributed by atoms with Gasteiger partial charge in [0.2, 0.25) is 5.91 Å². The summed E-state index contributed by atoms with van der Waals surface area (Å²) in [5.74, 6) is 0.117. The van der Waals surface area contributed by atoms with Crippen molar-refractivity contribution in [2.45, 2.75) is 51.6 Å². The molecule has 0 spiro atoms. The van der Waals surface area contributed by atoms with Gasteiger partial charge in [-0.05, 0) is 40.0 Å². The van der Waals surface area contributed by atoms with E-state index in [0.717, 1.165) is 25.9 Å². The van der Waals surface area contributed by atoms with Crippen LogP contribution in [0.1, 0.15) is 51.8 Å². The Morgan fingerprint density at radius 2 is 2.00 bits per heavy atom. The maximum atomic E-state index is 12.4. The molecule has 2 rings (SSSR count). The summed E-state index contributed by atoms with van der Waals surface area (Å²) in [6.07, 6.45) is 5.17. The largest absolute Gasteiger partial charge is 0.341 e. The van der Waals surface area contributed by atoms with Crippen LogP contribution in [0.2, 0.25) is 0 Å². The van der Waals surface area contributed by atoms with Crippen molar-refractivity contribution in [2.24, 2.45) is 5.73 Å². The minimum Gasteiger partial charge on any atom is -0.341 e. The van der Waals surface area contributed by atoms with Crippen molar-refractivity contribution < 1.29 is 4.79 Å². The first-order chi connectivity index (χ1) is 8.89. The molecule has 2 heterocycles. The highest BCUT2D eigenvalue weighted by Gasteiger charge is 2.26. The van der Waals surface area contributed by atoms with Crippen molar-refractivity contribution in [3.05, 3.63) is 11.9 Å². The molecule has 1 fully saturated rings. The van der Waals surface area contributed by atoms with Crippen molar-refractivity contribution >= 4 is 5.91 Å². The van der Waals surface area contributed by atoms with Crippen LogP contribution in [0.5, 0.6) is 0 Å². The van der Waals surface area contributed by atoms with Crippen LogP contribution in [0, 0.1) is 0 Å². The van der Waals surface area contributed by atoms with Gasteiger partial charge < -0.3 is 10.6 Å². The van der Waals surface area contributed by atoms with Crippen LogP contribution in [-0.2, 0) is 10.3 Å². The van der Waals surface area contributed by atoms with Crippen LogP contribution >= 0.6 is 0 Å². The lowest BCUT2D eigenvalue weighted by atomic mass is 10.0. The van der Waals surface area contributed by atoms with Crippen molar-refractivity contribution in [1.82, 2.24) is 19.9 Å². The zero-order chi connectivity index (χ0) is 14.0. The van der Waals surface area contributed by atoms with Gasteiger partial charge in [0.25, 0.3) is 0 Å². The predicted octanol–water partition coefficient (Wildman–Crippen LogP) is 1.05. The Bertz CT molecular complexity index is 442. The number of carbonyl (C=O) groups is 1. The molecule has 0 radical (unpaired) electrons. The summed E-state index contributed by atoms with van der Waals surface area (Å²) in [7, 11) is 0. The summed E-state index contributed by atoms with van der Waals surface area (Å²) < 4.78 is 1.61. The molecule has 1 unspecified atom stereocenters. The van der Waals surface area contributed by atoms with E-state index in [1.54, 1.807) is 10.9 Å². The number of nitrogens with zero attached hydrogens (tertiary/aromatic N) is 4. The number of rotatable bonds is 3. The minimum absolute atomic E-state index is 0.117. The molecule has 106 valence electrons. The third kappa shape index (κ3) is 3.12. The molecule has 0 saturated carbocycles. The van der Waals surface area contributed by atoms with Gasteiger partial charge in [-0.3, -0.25) is 4.79 Å². The second-order valence-electron chi connectivity index (χ2n) is 5.87. The molecule has 19 heavy (non-hydrogen) atoms. The molecular weight excluding hydrogens is 242 g/mol. The van der Waals surface area contributed by atoms with E-state index in [4.69, 9.17) is 5.73 Å². The molecule has 1 aliphatic heterocycles. The van der Waals surface area contributed by atoms with Gasteiger partial charge in [-0.25, -0.2) is 4.68 Å². The minimum atomic E-state index is -0.536. The second-order valence-corrected chi connectivity index (χ2v) is 5.87. The van der Waals surface area contributed by atoms with Crippen LogP contribution in [0.3, 0.4) is 0 Å². The van der Waals surface area contributed by atoms with Crippen molar-refractivity contribution in [3.63, 3.8) is 0 Å². The zero-order valence-corrected chi connectivity index (χ0v) is 12.0. The lowest BCUT2D eigenvalue weighted by Crippen LogP contribution is -2.39. The van der Waals surface area contributed by atoms with Crippen LogP contribution in [-0.4, -0.2) is 38.9 Å². The van der Waals surface area contributed by atoms with Gasteiger partial charge in [0.15, 0.2) is 0 Å². The van der Waals surface area contributed by atoms with E-state index in [1.165, 1.54) is 6.42 Å². The summed E-state index contributed by atoms with van der Waals surface area (Å²) in [4.78, 5) is 14.3. The van der Waals surface area contributed by atoms with Gasteiger partial charge in [-0.2, -0.15) is 0 Å². The Morgan fingerprint density at radius 1 is 1.37 bits per heavy atom. The molecule has 1 aromatic rings. The lowest BCUT2D eigenvalue weighted by molar-refractivity contribution is -0.135. The zero-order valence-electron chi connectivity index (χ0n) is 12.0. The smallest absolute Gasteiger partial charge is 0.247 e. The molecule has 0 aromatic carbocycles. The molecule has 6 heteroatoms. The molecule has 1 aromatic heterocycles. The first kappa shape index (κ1) is 14.0. The van der Waals surface area contributed by atoms with Crippen LogP contribution in [0.25, 0.3) is 0 Å². The molecule has 0 aliphatic carbocycles. The van der Waals surface area contributed by atoms with Crippen molar-refractivity contribution in [1.29, 1.82) is 0 Å². The molecule has 1 amide bonds. The van der Waals surface area contributed by atoms with Crippen LogP contribution < -0.4 is 5.73 Å². The van der Waals surface area contributed by atoms with Crippen LogP contribution in [0.4, 0.5) is 0 Å². The van der Waals surface area contributed by atoms with Gasteiger partial charge in [0, 0.05) is 13.1 Å².